The molecule has 0 bridgehead atoms. The molecule has 0 spiro atoms. The van der Waals surface area contributed by atoms with Crippen molar-refractivity contribution in [3.05, 3.63) is 42.4 Å². The average molecular weight is 448 g/mol. The van der Waals surface area contributed by atoms with Crippen molar-refractivity contribution in [2.75, 3.05) is 18.4 Å². The molecule has 2 N–H and O–H groups in total. The zero-order valence-corrected chi connectivity index (χ0v) is 18.0. The second-order valence-electron chi connectivity index (χ2n) is 7.64. The number of fused-ring (bicyclic) bond motifs is 1. The van der Waals surface area contributed by atoms with E-state index >= 15 is 0 Å². The molecule has 1 aromatic heterocycles. The number of rotatable bonds is 6. The number of nitrogens with zero attached hydrogens (tertiary/aromatic N) is 1. The molecule has 1 fully saturated rings. The Morgan fingerprint density at radius 1 is 1.26 bits per heavy atom. The third kappa shape index (κ3) is 4.45. The highest BCUT2D eigenvalue weighted by Crippen LogP contribution is 2.34. The predicted molar refractivity (Wildman–Crippen MR) is 112 cm³/mol. The molecule has 1 atom stereocenters. The first-order valence-electron chi connectivity index (χ1n) is 10.3. The van der Waals surface area contributed by atoms with E-state index in [4.69, 9.17) is 9.15 Å². The summed E-state index contributed by atoms with van der Waals surface area (Å²) in [5.41, 5.74) is 0.350. The van der Waals surface area contributed by atoms with Crippen LogP contribution in [0.1, 0.15) is 31.9 Å². The van der Waals surface area contributed by atoms with Gasteiger partial charge in [-0.1, -0.05) is 6.92 Å². The Kier molecular flexibility index (Phi) is 6.01. The van der Waals surface area contributed by atoms with Crippen LogP contribution in [0.4, 0.5) is 5.69 Å². The molecule has 1 saturated heterocycles. The maximum Gasteiger partial charge on any atom is 0.265 e. The summed E-state index contributed by atoms with van der Waals surface area (Å²) in [4.78, 5) is 24.5. The summed E-state index contributed by atoms with van der Waals surface area (Å²) < 4.78 is 38.4. The van der Waals surface area contributed by atoms with Crippen LogP contribution in [0.25, 0.3) is 0 Å². The van der Waals surface area contributed by atoms with Gasteiger partial charge in [0.2, 0.25) is 15.9 Å². The van der Waals surface area contributed by atoms with E-state index in [1.807, 2.05) is 6.92 Å². The second kappa shape index (κ2) is 8.72. The maximum absolute atomic E-state index is 13.1. The summed E-state index contributed by atoms with van der Waals surface area (Å²) in [5.74, 6) is 0.488. The highest BCUT2D eigenvalue weighted by atomic mass is 32.2. The molecule has 0 unspecified atom stereocenters. The molecule has 2 aliphatic heterocycles. The third-order valence-corrected chi connectivity index (χ3v) is 7.52. The Bertz CT molecular complexity index is 1060. The molecule has 9 nitrogen and oxygen atoms in total. The lowest BCUT2D eigenvalue weighted by Crippen LogP contribution is -2.43. The first kappa shape index (κ1) is 21.4. The van der Waals surface area contributed by atoms with Crippen LogP contribution in [0, 0.1) is 5.92 Å². The van der Waals surface area contributed by atoms with Crippen molar-refractivity contribution in [2.45, 2.75) is 43.7 Å². The predicted octanol–water partition coefficient (Wildman–Crippen LogP) is 2.11. The number of piperidine rings is 1. The van der Waals surface area contributed by atoms with Gasteiger partial charge in [-0.3, -0.25) is 9.59 Å². The molecule has 4 rings (SSSR count). The van der Waals surface area contributed by atoms with Gasteiger partial charge in [0.25, 0.3) is 5.91 Å². The standard InChI is InChI=1S/C21H25N3O6S/c1-2-18-21(26)23-17-12-16(5-6-19(17)30-18)31(27,28)24-9-7-14(8-10-24)20(25)22-13-15-4-3-11-29-15/h3-6,11-12,14,18H,2,7-10,13H2,1H3,(H,22,25)(H,23,26)/t18-/m0/s1. The van der Waals surface area contributed by atoms with Gasteiger partial charge in [0, 0.05) is 19.0 Å². The number of nitrogens with one attached hydrogen (secondary N) is 2. The number of carbonyl (C=O) groups is 2. The first-order valence-corrected chi connectivity index (χ1v) is 11.7. The largest absolute Gasteiger partial charge is 0.478 e. The summed E-state index contributed by atoms with van der Waals surface area (Å²) in [6.07, 6.45) is 2.37. The Hall–Kier alpha value is -2.85. The van der Waals surface area contributed by atoms with Crippen molar-refractivity contribution < 1.29 is 27.2 Å². The SMILES string of the molecule is CC[C@@H]1Oc2ccc(S(=O)(=O)N3CCC(C(=O)NCc4ccco4)CC3)cc2NC1=O. The number of furan rings is 1. The van der Waals surface area contributed by atoms with Crippen molar-refractivity contribution in [3.63, 3.8) is 0 Å². The van der Waals surface area contributed by atoms with Crippen LogP contribution in [-0.4, -0.2) is 43.7 Å². The van der Waals surface area contributed by atoms with E-state index in [2.05, 4.69) is 10.6 Å². The molecule has 166 valence electrons. The van der Waals surface area contributed by atoms with Gasteiger partial charge in [-0.25, -0.2) is 8.42 Å². The Labute approximate surface area is 180 Å². The lowest BCUT2D eigenvalue weighted by Gasteiger charge is -2.31. The van der Waals surface area contributed by atoms with Crippen molar-refractivity contribution in [1.29, 1.82) is 0 Å². The second-order valence-corrected chi connectivity index (χ2v) is 9.58. The number of hydrogen-bond acceptors (Lipinski definition) is 6. The number of hydrogen-bond donors (Lipinski definition) is 2. The Morgan fingerprint density at radius 2 is 2.03 bits per heavy atom. The molecule has 3 heterocycles. The Balaban J connectivity index is 1.38. The zero-order valence-electron chi connectivity index (χ0n) is 17.2. The quantitative estimate of drug-likeness (QED) is 0.700. The number of benzene rings is 1. The van der Waals surface area contributed by atoms with Gasteiger partial charge in [0.1, 0.15) is 11.5 Å². The first-order chi connectivity index (χ1) is 14.9. The highest BCUT2D eigenvalue weighted by molar-refractivity contribution is 7.89. The molecule has 1 aromatic carbocycles. The third-order valence-electron chi connectivity index (χ3n) is 5.62. The summed E-state index contributed by atoms with van der Waals surface area (Å²) in [6.45, 7) is 2.65. The molecule has 0 saturated carbocycles. The fourth-order valence-corrected chi connectivity index (χ4v) is 5.29. The van der Waals surface area contributed by atoms with Crippen LogP contribution in [0.5, 0.6) is 5.75 Å². The summed E-state index contributed by atoms with van der Waals surface area (Å²) >= 11 is 0. The average Bonchev–Trinajstić information content (AvgIpc) is 3.30. The van der Waals surface area contributed by atoms with Gasteiger partial charge < -0.3 is 19.8 Å². The lowest BCUT2D eigenvalue weighted by atomic mass is 9.97. The fraction of sp³-hybridized carbons (Fsp3) is 0.429. The summed E-state index contributed by atoms with van der Waals surface area (Å²) in [6, 6.07) is 8.02. The Morgan fingerprint density at radius 3 is 2.71 bits per heavy atom. The maximum atomic E-state index is 13.1. The van der Waals surface area contributed by atoms with E-state index in [1.54, 1.807) is 24.5 Å². The molecule has 2 aromatic rings. The smallest absolute Gasteiger partial charge is 0.265 e. The summed E-state index contributed by atoms with van der Waals surface area (Å²) in [7, 11) is -3.75. The number of ether oxygens (including phenoxy) is 1. The topological polar surface area (TPSA) is 118 Å². The molecule has 2 aliphatic rings. The van der Waals surface area contributed by atoms with Crippen molar-refractivity contribution in [1.82, 2.24) is 9.62 Å². The van der Waals surface area contributed by atoms with Gasteiger partial charge >= 0.3 is 0 Å². The minimum absolute atomic E-state index is 0.0887. The minimum atomic E-state index is -3.75. The van der Waals surface area contributed by atoms with Gasteiger partial charge in [-0.05, 0) is 49.6 Å². The lowest BCUT2D eigenvalue weighted by molar-refractivity contribution is -0.126. The van der Waals surface area contributed by atoms with Gasteiger partial charge in [-0.15, -0.1) is 0 Å². The fourth-order valence-electron chi connectivity index (χ4n) is 3.80. The van der Waals surface area contributed by atoms with E-state index in [1.165, 1.54) is 16.4 Å². The molecule has 2 amide bonds. The van der Waals surface area contributed by atoms with Crippen molar-refractivity contribution in [3.8, 4) is 5.75 Å². The van der Waals surface area contributed by atoms with Crippen LogP contribution in [0.15, 0.2) is 45.9 Å². The van der Waals surface area contributed by atoms with Crippen LogP contribution in [0.3, 0.4) is 0 Å². The number of amides is 2. The number of carbonyl (C=O) groups excluding carboxylic acids is 2. The van der Waals surface area contributed by atoms with Crippen LogP contribution < -0.4 is 15.4 Å². The molecule has 0 radical (unpaired) electrons. The van der Waals surface area contributed by atoms with E-state index < -0.39 is 16.1 Å². The van der Waals surface area contributed by atoms with Crippen LogP contribution in [-0.2, 0) is 26.2 Å². The summed E-state index contributed by atoms with van der Waals surface area (Å²) in [5, 5.41) is 5.55. The van der Waals surface area contributed by atoms with E-state index in [-0.39, 0.29) is 35.7 Å². The van der Waals surface area contributed by atoms with E-state index in [0.29, 0.717) is 43.0 Å². The normalized spacial score (nSPS) is 19.9. The zero-order chi connectivity index (χ0) is 22.0. The molecule has 10 heteroatoms. The van der Waals surface area contributed by atoms with Gasteiger partial charge in [-0.2, -0.15) is 4.31 Å². The van der Waals surface area contributed by atoms with E-state index in [9.17, 15) is 18.0 Å². The molecular weight excluding hydrogens is 422 g/mol. The molecule has 31 heavy (non-hydrogen) atoms. The number of sulfonamides is 1. The van der Waals surface area contributed by atoms with Crippen molar-refractivity contribution in [2.24, 2.45) is 5.92 Å². The van der Waals surface area contributed by atoms with Gasteiger partial charge in [0.05, 0.1) is 23.4 Å². The van der Waals surface area contributed by atoms with Crippen LogP contribution >= 0.6 is 0 Å². The minimum Gasteiger partial charge on any atom is -0.478 e. The van der Waals surface area contributed by atoms with Crippen molar-refractivity contribution >= 4 is 27.5 Å². The molecular formula is C21H25N3O6S. The molecule has 0 aliphatic carbocycles. The van der Waals surface area contributed by atoms with Gasteiger partial charge in [0.15, 0.2) is 6.10 Å². The van der Waals surface area contributed by atoms with Crippen LogP contribution in [0.2, 0.25) is 0 Å². The van der Waals surface area contributed by atoms with E-state index in [0.717, 1.165) is 0 Å². The monoisotopic (exact) mass is 447 g/mol. The number of anilines is 1. The highest BCUT2D eigenvalue weighted by Gasteiger charge is 2.33.